The van der Waals surface area contributed by atoms with Gasteiger partial charge in [0.2, 0.25) is 0 Å². The number of nitrogens with zero attached hydrogens (tertiary/aromatic N) is 2. The largest absolute Gasteiger partial charge is 0.493 e. The van der Waals surface area contributed by atoms with Crippen molar-refractivity contribution in [2.75, 3.05) is 6.61 Å². The Bertz CT molecular complexity index is 1560. The third-order valence-electron chi connectivity index (χ3n) is 6.57. The van der Waals surface area contributed by atoms with Gasteiger partial charge in [0, 0.05) is 35.6 Å². The van der Waals surface area contributed by atoms with Crippen molar-refractivity contribution in [2.45, 2.75) is 38.1 Å². The van der Waals surface area contributed by atoms with Crippen LogP contribution < -0.4 is 10.1 Å². The monoisotopic (exact) mass is 535 g/mol. The molecule has 2 heterocycles. The number of aliphatic carboxylic acids is 1. The number of benzene rings is 3. The molecule has 200 valence electrons. The smallest absolute Gasteiger partial charge is 0.303 e. The normalized spacial score (nSPS) is 14.5. The predicted octanol–water partition coefficient (Wildman–Crippen LogP) is 5.77. The summed E-state index contributed by atoms with van der Waals surface area (Å²) in [6, 6.07) is 12.2. The second-order valence-corrected chi connectivity index (χ2v) is 9.30. The maximum absolute atomic E-state index is 13.9. The third-order valence-corrected chi connectivity index (χ3v) is 6.57. The van der Waals surface area contributed by atoms with Crippen LogP contribution in [0, 0.1) is 17.5 Å². The highest BCUT2D eigenvalue weighted by Crippen LogP contribution is 2.34. The average Bonchev–Trinajstić information content (AvgIpc) is 2.92. The first kappa shape index (κ1) is 26.1. The average molecular weight is 536 g/mol. The lowest BCUT2D eigenvalue weighted by molar-refractivity contribution is -0.137. The summed E-state index contributed by atoms with van der Waals surface area (Å²) in [5.74, 6) is -3.54. The summed E-state index contributed by atoms with van der Waals surface area (Å²) in [6.07, 6.45) is 1.88. The minimum atomic E-state index is -1.02. The van der Waals surface area contributed by atoms with E-state index in [1.807, 2.05) is 0 Å². The van der Waals surface area contributed by atoms with E-state index >= 15 is 0 Å². The minimum Gasteiger partial charge on any atom is -0.493 e. The molecule has 0 saturated heterocycles. The Morgan fingerprint density at radius 2 is 1.72 bits per heavy atom. The van der Waals surface area contributed by atoms with Crippen molar-refractivity contribution in [3.63, 3.8) is 0 Å². The first-order chi connectivity index (χ1) is 18.8. The molecule has 10 heteroatoms. The number of aromatic nitrogens is 2. The number of carbonyl (C=O) groups excluding carboxylic acids is 1. The lowest BCUT2D eigenvalue weighted by atomic mass is 9.99. The fourth-order valence-corrected chi connectivity index (χ4v) is 4.59. The van der Waals surface area contributed by atoms with Gasteiger partial charge in [-0.3, -0.25) is 9.59 Å². The molecule has 1 aliphatic heterocycles. The number of rotatable bonds is 8. The fourth-order valence-electron chi connectivity index (χ4n) is 4.59. The molecule has 39 heavy (non-hydrogen) atoms. The maximum Gasteiger partial charge on any atom is 0.303 e. The van der Waals surface area contributed by atoms with E-state index < -0.39 is 29.6 Å². The van der Waals surface area contributed by atoms with Crippen molar-refractivity contribution < 1.29 is 32.6 Å². The van der Waals surface area contributed by atoms with Crippen LogP contribution in [0.1, 0.15) is 53.3 Å². The van der Waals surface area contributed by atoms with E-state index in [2.05, 4.69) is 5.32 Å². The molecule has 0 bridgehead atoms. The standard InChI is InChI=1S/C29H24F3N3O4/c30-18-8-5-16(6-9-18)28-24(3-1-2-4-27(36)37)33-25-13-17(7-10-23(25)34-28)29(38)35-22-11-12-39-26-15-21(32)20(31)14-19(22)26/h5-10,13-15,22H,1-4,11-12H2,(H,35,38)(H,36,37). The Morgan fingerprint density at radius 3 is 2.49 bits per heavy atom. The summed E-state index contributed by atoms with van der Waals surface area (Å²) in [5.41, 5.74) is 3.48. The van der Waals surface area contributed by atoms with Crippen LogP contribution in [0.2, 0.25) is 0 Å². The van der Waals surface area contributed by atoms with Crippen LogP contribution in [0.4, 0.5) is 13.2 Å². The number of unbranched alkanes of at least 4 members (excludes halogenated alkanes) is 1. The zero-order chi connectivity index (χ0) is 27.5. The zero-order valence-electron chi connectivity index (χ0n) is 20.7. The lowest BCUT2D eigenvalue weighted by Crippen LogP contribution is -2.32. The Hall–Kier alpha value is -4.47. The van der Waals surface area contributed by atoms with Crippen LogP contribution >= 0.6 is 0 Å². The van der Waals surface area contributed by atoms with Crippen LogP contribution in [0.25, 0.3) is 22.3 Å². The highest BCUT2D eigenvalue weighted by Gasteiger charge is 2.26. The molecule has 1 aromatic heterocycles. The number of ether oxygens (including phenoxy) is 1. The van der Waals surface area contributed by atoms with Crippen molar-refractivity contribution in [1.82, 2.24) is 15.3 Å². The molecule has 7 nitrogen and oxygen atoms in total. The van der Waals surface area contributed by atoms with Gasteiger partial charge in [-0.2, -0.15) is 0 Å². The van der Waals surface area contributed by atoms with Gasteiger partial charge in [0.1, 0.15) is 11.6 Å². The molecular weight excluding hydrogens is 511 g/mol. The molecule has 0 radical (unpaired) electrons. The van der Waals surface area contributed by atoms with Gasteiger partial charge in [-0.15, -0.1) is 0 Å². The van der Waals surface area contributed by atoms with Crippen LogP contribution in [-0.2, 0) is 11.2 Å². The number of aryl methyl sites for hydroxylation is 1. The Morgan fingerprint density at radius 1 is 0.949 bits per heavy atom. The number of fused-ring (bicyclic) bond motifs is 2. The summed E-state index contributed by atoms with van der Waals surface area (Å²) < 4.78 is 46.4. The molecule has 1 aliphatic rings. The molecule has 1 atom stereocenters. The Labute approximate surface area is 221 Å². The van der Waals surface area contributed by atoms with Gasteiger partial charge in [-0.05, 0) is 67.8 Å². The van der Waals surface area contributed by atoms with Gasteiger partial charge in [-0.1, -0.05) is 0 Å². The number of hydrogen-bond acceptors (Lipinski definition) is 5. The van der Waals surface area contributed by atoms with Gasteiger partial charge in [0.25, 0.3) is 5.91 Å². The van der Waals surface area contributed by atoms with Gasteiger partial charge in [0.15, 0.2) is 11.6 Å². The number of halogens is 3. The molecule has 0 fully saturated rings. The SMILES string of the molecule is O=C(O)CCCCc1nc2cc(C(=O)NC3CCOc4cc(F)c(F)cc43)ccc2nc1-c1ccc(F)cc1. The second kappa shape index (κ2) is 11.1. The number of nitrogens with one attached hydrogen (secondary N) is 1. The van der Waals surface area contributed by atoms with Crippen molar-refractivity contribution in [2.24, 2.45) is 0 Å². The van der Waals surface area contributed by atoms with Crippen molar-refractivity contribution in [3.8, 4) is 17.0 Å². The van der Waals surface area contributed by atoms with E-state index in [-0.39, 0.29) is 24.6 Å². The maximum atomic E-state index is 13.9. The van der Waals surface area contributed by atoms with E-state index in [0.29, 0.717) is 64.8 Å². The van der Waals surface area contributed by atoms with Crippen molar-refractivity contribution >= 4 is 22.9 Å². The number of carboxylic acids is 1. The number of carboxylic acid groups (broad SMARTS) is 1. The zero-order valence-corrected chi connectivity index (χ0v) is 20.7. The number of hydrogen-bond donors (Lipinski definition) is 2. The Balaban J connectivity index is 1.43. The third kappa shape index (κ3) is 5.84. The van der Waals surface area contributed by atoms with Crippen LogP contribution in [0.5, 0.6) is 5.75 Å². The molecule has 4 aromatic rings. The molecular formula is C29H24F3N3O4. The van der Waals surface area contributed by atoms with Crippen LogP contribution in [-0.4, -0.2) is 33.6 Å². The molecule has 2 N–H and O–H groups in total. The summed E-state index contributed by atoms with van der Waals surface area (Å²) in [6.45, 7) is 0.240. The molecule has 0 spiro atoms. The van der Waals surface area contributed by atoms with Gasteiger partial charge in [0.05, 0.1) is 35.1 Å². The summed E-state index contributed by atoms with van der Waals surface area (Å²) in [7, 11) is 0. The van der Waals surface area contributed by atoms with Crippen LogP contribution in [0.15, 0.2) is 54.6 Å². The van der Waals surface area contributed by atoms with Crippen LogP contribution in [0.3, 0.4) is 0 Å². The molecule has 1 unspecified atom stereocenters. The van der Waals surface area contributed by atoms with E-state index in [1.54, 1.807) is 30.3 Å². The molecule has 3 aromatic carbocycles. The second-order valence-electron chi connectivity index (χ2n) is 9.30. The van der Waals surface area contributed by atoms with Gasteiger partial charge in [-0.25, -0.2) is 23.1 Å². The first-order valence-electron chi connectivity index (χ1n) is 12.5. The molecule has 1 amide bonds. The van der Waals surface area contributed by atoms with E-state index in [4.69, 9.17) is 19.8 Å². The summed E-state index contributed by atoms with van der Waals surface area (Å²) in [4.78, 5) is 33.5. The minimum absolute atomic E-state index is 0.0308. The number of amides is 1. The van der Waals surface area contributed by atoms with E-state index in [0.717, 1.165) is 12.1 Å². The topological polar surface area (TPSA) is 101 Å². The molecule has 0 aliphatic carbocycles. The van der Waals surface area contributed by atoms with Crippen molar-refractivity contribution in [3.05, 3.63) is 88.9 Å². The summed E-state index contributed by atoms with van der Waals surface area (Å²) >= 11 is 0. The highest BCUT2D eigenvalue weighted by molar-refractivity contribution is 5.97. The summed E-state index contributed by atoms with van der Waals surface area (Å²) in [5, 5.41) is 11.8. The Kier molecular flexibility index (Phi) is 7.44. The lowest BCUT2D eigenvalue weighted by Gasteiger charge is -2.27. The number of carbonyl (C=O) groups is 2. The van der Waals surface area contributed by atoms with Gasteiger partial charge >= 0.3 is 5.97 Å². The molecule has 0 saturated carbocycles. The first-order valence-corrected chi connectivity index (χ1v) is 12.5. The van der Waals surface area contributed by atoms with Gasteiger partial charge < -0.3 is 15.2 Å². The highest BCUT2D eigenvalue weighted by atomic mass is 19.2. The molecule has 5 rings (SSSR count). The fraction of sp³-hybridized carbons (Fsp3) is 0.241. The van der Waals surface area contributed by atoms with E-state index in [9.17, 15) is 22.8 Å². The predicted molar refractivity (Wildman–Crippen MR) is 137 cm³/mol. The van der Waals surface area contributed by atoms with Crippen molar-refractivity contribution in [1.29, 1.82) is 0 Å². The van der Waals surface area contributed by atoms with E-state index in [1.165, 1.54) is 12.1 Å². The quantitative estimate of drug-likeness (QED) is 0.278.